The molecule has 8 nitrogen and oxygen atoms in total. The van der Waals surface area contributed by atoms with E-state index >= 15 is 0 Å². The number of ether oxygens (including phenoxy) is 1. The van der Waals surface area contributed by atoms with Gasteiger partial charge in [0.05, 0.1) is 7.11 Å². The minimum atomic E-state index is -0.697. The van der Waals surface area contributed by atoms with Gasteiger partial charge in [0.2, 0.25) is 17.6 Å². The summed E-state index contributed by atoms with van der Waals surface area (Å²) in [6.45, 7) is 1.01. The first-order valence-electron chi connectivity index (χ1n) is 11.3. The van der Waals surface area contributed by atoms with Gasteiger partial charge in [0.1, 0.15) is 11.7 Å². The van der Waals surface area contributed by atoms with E-state index in [1.165, 1.54) is 0 Å². The van der Waals surface area contributed by atoms with Crippen LogP contribution in [0.3, 0.4) is 0 Å². The van der Waals surface area contributed by atoms with Crippen LogP contribution >= 0.6 is 0 Å². The Hall–Kier alpha value is -4.46. The molecule has 3 aromatic carbocycles. The predicted molar refractivity (Wildman–Crippen MR) is 130 cm³/mol. The zero-order valence-corrected chi connectivity index (χ0v) is 19.2. The molecule has 2 amide bonds. The van der Waals surface area contributed by atoms with E-state index in [0.717, 1.165) is 22.4 Å². The number of carbonyl (C=O) groups excluding carboxylic acids is 2. The van der Waals surface area contributed by atoms with E-state index < -0.39 is 5.92 Å². The van der Waals surface area contributed by atoms with Gasteiger partial charge in [-0.05, 0) is 48.4 Å². The lowest BCUT2D eigenvalue weighted by atomic mass is 10.1. The van der Waals surface area contributed by atoms with Crippen molar-refractivity contribution in [1.29, 1.82) is 0 Å². The van der Waals surface area contributed by atoms with Crippen LogP contribution in [0, 0.1) is 5.92 Å². The Bertz CT molecular complexity index is 1320. The quantitative estimate of drug-likeness (QED) is 0.404. The molecule has 1 aliphatic heterocycles. The maximum Gasteiger partial charge on any atom is 0.258 e. The van der Waals surface area contributed by atoms with Gasteiger partial charge in [0, 0.05) is 29.9 Å². The lowest BCUT2D eigenvalue weighted by Crippen LogP contribution is -2.32. The molecule has 1 aromatic heterocycles. The molecule has 1 fully saturated rings. The Morgan fingerprint density at radius 3 is 2.49 bits per heavy atom. The molecule has 1 aliphatic rings. The van der Waals surface area contributed by atoms with E-state index in [1.807, 2.05) is 54.6 Å². The third-order valence-corrected chi connectivity index (χ3v) is 6.00. The van der Waals surface area contributed by atoms with Crippen molar-refractivity contribution in [3.8, 4) is 28.6 Å². The average molecular weight is 469 g/mol. The molecule has 0 radical (unpaired) electrons. The fourth-order valence-electron chi connectivity index (χ4n) is 4.06. The highest BCUT2D eigenvalue weighted by molar-refractivity contribution is 6.07. The number of amides is 2. The molecule has 8 heteroatoms. The van der Waals surface area contributed by atoms with Gasteiger partial charge < -0.3 is 19.5 Å². The van der Waals surface area contributed by atoms with Crippen molar-refractivity contribution in [2.24, 2.45) is 5.92 Å². The number of rotatable bonds is 7. The summed E-state index contributed by atoms with van der Waals surface area (Å²) in [5.41, 5.74) is 3.20. The number of nitrogens with zero attached hydrogens (tertiary/aromatic N) is 3. The first-order valence-corrected chi connectivity index (χ1v) is 11.3. The smallest absolute Gasteiger partial charge is 0.258 e. The monoisotopic (exact) mass is 468 g/mol. The number of nitrogens with one attached hydrogen (secondary N) is 1. The van der Waals surface area contributed by atoms with Gasteiger partial charge in [0.25, 0.3) is 5.89 Å². The molecule has 2 heterocycles. The molecule has 1 unspecified atom stereocenters. The van der Waals surface area contributed by atoms with E-state index in [1.54, 1.807) is 36.3 Å². The minimum Gasteiger partial charge on any atom is -0.497 e. The number of likely N-dealkylation sites (tertiary alicyclic amines) is 1. The summed E-state index contributed by atoms with van der Waals surface area (Å²) in [6.07, 6.45) is 0.489. The van der Waals surface area contributed by atoms with E-state index in [9.17, 15) is 9.59 Å². The molecular formula is C27H24N4O4. The molecule has 176 valence electrons. The van der Waals surface area contributed by atoms with Crippen molar-refractivity contribution in [3.63, 3.8) is 0 Å². The van der Waals surface area contributed by atoms with Crippen LogP contribution in [0.25, 0.3) is 22.8 Å². The van der Waals surface area contributed by atoms with Gasteiger partial charge >= 0.3 is 0 Å². The number of aromatic nitrogens is 2. The summed E-state index contributed by atoms with van der Waals surface area (Å²) < 4.78 is 10.6. The summed E-state index contributed by atoms with van der Waals surface area (Å²) in [4.78, 5) is 31.8. The number of anilines is 1. The molecule has 1 atom stereocenters. The predicted octanol–water partition coefficient (Wildman–Crippen LogP) is 4.40. The second kappa shape index (κ2) is 9.80. The SMILES string of the molecule is COc1ccc(CN2CCC(C(=O)Nc3ccc(-c4nc(-c5ccccc5)no4)cc3)C2=O)cc1. The summed E-state index contributed by atoms with van der Waals surface area (Å²) in [5.74, 6) is 0.509. The largest absolute Gasteiger partial charge is 0.497 e. The summed E-state index contributed by atoms with van der Waals surface area (Å²) in [6, 6.07) is 24.3. The maximum absolute atomic E-state index is 12.8. The molecule has 0 saturated carbocycles. The van der Waals surface area contributed by atoms with Crippen molar-refractivity contribution >= 4 is 17.5 Å². The number of carbonyl (C=O) groups is 2. The second-order valence-corrected chi connectivity index (χ2v) is 8.30. The van der Waals surface area contributed by atoms with E-state index in [4.69, 9.17) is 9.26 Å². The van der Waals surface area contributed by atoms with Crippen molar-refractivity contribution in [3.05, 3.63) is 84.4 Å². The Morgan fingerprint density at radius 1 is 1.03 bits per heavy atom. The Balaban J connectivity index is 1.19. The van der Waals surface area contributed by atoms with Crippen LogP contribution in [0.2, 0.25) is 0 Å². The Kier molecular flexibility index (Phi) is 6.26. The van der Waals surface area contributed by atoms with E-state index in [-0.39, 0.29) is 11.8 Å². The molecule has 0 aliphatic carbocycles. The van der Waals surface area contributed by atoms with Crippen molar-refractivity contribution < 1.29 is 18.8 Å². The van der Waals surface area contributed by atoms with Crippen LogP contribution in [0.4, 0.5) is 5.69 Å². The molecule has 0 bridgehead atoms. The van der Waals surface area contributed by atoms with Gasteiger partial charge in [0.15, 0.2) is 0 Å². The third kappa shape index (κ3) is 4.91. The number of hydrogen-bond donors (Lipinski definition) is 1. The molecule has 0 spiro atoms. The zero-order chi connectivity index (χ0) is 24.2. The maximum atomic E-state index is 12.8. The van der Waals surface area contributed by atoms with Crippen molar-refractivity contribution in [1.82, 2.24) is 15.0 Å². The van der Waals surface area contributed by atoms with Crippen LogP contribution in [0.5, 0.6) is 5.75 Å². The molecule has 4 aromatic rings. The summed E-state index contributed by atoms with van der Waals surface area (Å²) in [5, 5.41) is 6.89. The van der Waals surface area contributed by atoms with Crippen LogP contribution in [0.15, 0.2) is 83.4 Å². The lowest BCUT2D eigenvalue weighted by Gasteiger charge is -2.17. The Labute approximate surface area is 202 Å². The lowest BCUT2D eigenvalue weighted by molar-refractivity contribution is -0.136. The normalized spacial score (nSPS) is 15.3. The fourth-order valence-corrected chi connectivity index (χ4v) is 4.06. The fraction of sp³-hybridized carbons (Fsp3) is 0.185. The summed E-state index contributed by atoms with van der Waals surface area (Å²) >= 11 is 0. The van der Waals surface area contributed by atoms with Crippen LogP contribution in [0.1, 0.15) is 12.0 Å². The number of hydrogen-bond acceptors (Lipinski definition) is 6. The average Bonchev–Trinajstić information content (AvgIpc) is 3.53. The summed E-state index contributed by atoms with van der Waals surface area (Å²) in [7, 11) is 1.61. The molecule has 1 saturated heterocycles. The standard InChI is InChI=1S/C27H24N4O4/c1-34-22-13-7-18(8-14-22)17-31-16-15-23(27(31)33)25(32)28-21-11-9-20(10-12-21)26-29-24(30-35-26)19-5-3-2-4-6-19/h2-14,23H,15-17H2,1H3,(H,28,32). The van der Waals surface area contributed by atoms with Crippen LogP contribution in [-0.2, 0) is 16.1 Å². The van der Waals surface area contributed by atoms with E-state index in [0.29, 0.717) is 36.9 Å². The van der Waals surface area contributed by atoms with Gasteiger partial charge in [-0.15, -0.1) is 0 Å². The molecular weight excluding hydrogens is 444 g/mol. The van der Waals surface area contributed by atoms with Gasteiger partial charge in [-0.2, -0.15) is 4.98 Å². The Morgan fingerprint density at radius 2 is 1.77 bits per heavy atom. The zero-order valence-electron chi connectivity index (χ0n) is 19.2. The van der Waals surface area contributed by atoms with E-state index in [2.05, 4.69) is 15.5 Å². The van der Waals surface area contributed by atoms with Crippen molar-refractivity contribution in [2.75, 3.05) is 19.0 Å². The van der Waals surface area contributed by atoms with Gasteiger partial charge in [-0.1, -0.05) is 47.6 Å². The number of benzene rings is 3. The number of methoxy groups -OCH3 is 1. The van der Waals surface area contributed by atoms with Crippen molar-refractivity contribution in [2.45, 2.75) is 13.0 Å². The highest BCUT2D eigenvalue weighted by atomic mass is 16.5. The molecule has 35 heavy (non-hydrogen) atoms. The third-order valence-electron chi connectivity index (χ3n) is 6.00. The first kappa shape index (κ1) is 22.3. The highest BCUT2D eigenvalue weighted by Gasteiger charge is 2.36. The molecule has 1 N–H and O–H groups in total. The van der Waals surface area contributed by atoms with Gasteiger partial charge in [-0.25, -0.2) is 0 Å². The van der Waals surface area contributed by atoms with Gasteiger partial charge in [-0.3, -0.25) is 9.59 Å². The highest BCUT2D eigenvalue weighted by Crippen LogP contribution is 2.26. The first-order chi connectivity index (χ1) is 17.1. The molecule has 5 rings (SSSR count). The minimum absolute atomic E-state index is 0.158. The topological polar surface area (TPSA) is 97.6 Å². The second-order valence-electron chi connectivity index (χ2n) is 8.30. The van der Waals surface area contributed by atoms with Crippen LogP contribution in [-0.4, -0.2) is 40.5 Å². The van der Waals surface area contributed by atoms with Crippen LogP contribution < -0.4 is 10.1 Å².